The van der Waals surface area contributed by atoms with E-state index in [-0.39, 0.29) is 11.4 Å². The standard InChI is InChI=1S/C22H22O2S/c1-4-24-21(23)18-10-7-16(8-11-18)5-6-17-9-12-19-20(15-17)25-14-13-22(19,2)3/h7-12,15H,4,13-14H2,1-3H3. The lowest BCUT2D eigenvalue weighted by Gasteiger charge is -2.32. The maximum absolute atomic E-state index is 11.7. The number of thioether (sulfide) groups is 1. The summed E-state index contributed by atoms with van der Waals surface area (Å²) in [4.78, 5) is 13.0. The summed E-state index contributed by atoms with van der Waals surface area (Å²) in [7, 11) is 0. The Morgan fingerprint density at radius 3 is 2.52 bits per heavy atom. The fraction of sp³-hybridized carbons (Fsp3) is 0.318. The summed E-state index contributed by atoms with van der Waals surface area (Å²) < 4.78 is 4.99. The van der Waals surface area contributed by atoms with Crippen molar-refractivity contribution < 1.29 is 9.53 Å². The highest BCUT2D eigenvalue weighted by Crippen LogP contribution is 2.41. The van der Waals surface area contributed by atoms with Crippen LogP contribution in [0.4, 0.5) is 0 Å². The van der Waals surface area contributed by atoms with Gasteiger partial charge < -0.3 is 4.74 Å². The van der Waals surface area contributed by atoms with Crippen molar-refractivity contribution in [2.75, 3.05) is 12.4 Å². The van der Waals surface area contributed by atoms with E-state index < -0.39 is 0 Å². The fourth-order valence-electron chi connectivity index (χ4n) is 2.88. The summed E-state index contributed by atoms with van der Waals surface area (Å²) in [6, 6.07) is 13.7. The zero-order valence-corrected chi connectivity index (χ0v) is 15.7. The highest BCUT2D eigenvalue weighted by Gasteiger charge is 2.27. The molecule has 3 heteroatoms. The van der Waals surface area contributed by atoms with Gasteiger partial charge >= 0.3 is 5.97 Å². The summed E-state index contributed by atoms with van der Waals surface area (Å²) in [5, 5.41) is 0. The number of carbonyl (C=O) groups is 1. The molecule has 0 fully saturated rings. The second-order valence-corrected chi connectivity index (χ2v) is 7.88. The number of carbonyl (C=O) groups excluding carboxylic acids is 1. The number of hydrogen-bond acceptors (Lipinski definition) is 3. The Bertz CT molecular complexity index is 839. The van der Waals surface area contributed by atoms with Crippen molar-refractivity contribution in [3.05, 3.63) is 64.7 Å². The molecule has 0 aliphatic carbocycles. The Labute approximate surface area is 154 Å². The van der Waals surface area contributed by atoms with Gasteiger partial charge in [0.05, 0.1) is 12.2 Å². The second kappa shape index (κ2) is 7.37. The Morgan fingerprint density at radius 1 is 1.12 bits per heavy atom. The van der Waals surface area contributed by atoms with Gasteiger partial charge in [-0.25, -0.2) is 4.79 Å². The van der Waals surface area contributed by atoms with Gasteiger partial charge in [0.2, 0.25) is 0 Å². The van der Waals surface area contributed by atoms with E-state index in [1.165, 1.54) is 16.9 Å². The van der Waals surface area contributed by atoms with E-state index in [4.69, 9.17) is 4.74 Å². The second-order valence-electron chi connectivity index (χ2n) is 6.74. The van der Waals surface area contributed by atoms with E-state index in [0.29, 0.717) is 12.2 Å². The van der Waals surface area contributed by atoms with Gasteiger partial charge in [0.25, 0.3) is 0 Å². The van der Waals surface area contributed by atoms with Crippen LogP contribution in [0.15, 0.2) is 47.4 Å². The lowest BCUT2D eigenvalue weighted by Crippen LogP contribution is -2.22. The first-order valence-electron chi connectivity index (χ1n) is 8.56. The molecule has 128 valence electrons. The van der Waals surface area contributed by atoms with Crippen molar-refractivity contribution in [1.29, 1.82) is 0 Å². The first kappa shape index (κ1) is 17.6. The molecular formula is C22H22O2S. The summed E-state index contributed by atoms with van der Waals surface area (Å²) >= 11 is 1.92. The third-order valence-corrected chi connectivity index (χ3v) is 5.50. The van der Waals surface area contributed by atoms with Crippen LogP contribution >= 0.6 is 11.8 Å². The fourth-order valence-corrected chi connectivity index (χ4v) is 4.42. The van der Waals surface area contributed by atoms with Crippen molar-refractivity contribution in [1.82, 2.24) is 0 Å². The average molecular weight is 350 g/mol. The van der Waals surface area contributed by atoms with Gasteiger partial charge in [-0.2, -0.15) is 0 Å². The lowest BCUT2D eigenvalue weighted by molar-refractivity contribution is 0.0526. The maximum atomic E-state index is 11.7. The van der Waals surface area contributed by atoms with Crippen LogP contribution in [0.25, 0.3) is 0 Å². The average Bonchev–Trinajstić information content (AvgIpc) is 2.60. The summed E-state index contributed by atoms with van der Waals surface area (Å²) in [6.45, 7) is 6.80. The molecule has 2 aromatic rings. The SMILES string of the molecule is CCOC(=O)c1ccc(C#Cc2ccc3c(c2)SCCC3(C)C)cc1. The Morgan fingerprint density at radius 2 is 1.80 bits per heavy atom. The summed E-state index contributed by atoms with van der Waals surface area (Å²) in [5.41, 5.74) is 4.14. The molecule has 25 heavy (non-hydrogen) atoms. The van der Waals surface area contributed by atoms with Crippen molar-refractivity contribution in [3.8, 4) is 11.8 Å². The number of fused-ring (bicyclic) bond motifs is 1. The summed E-state index contributed by atoms with van der Waals surface area (Å²) in [5.74, 6) is 7.27. The van der Waals surface area contributed by atoms with Gasteiger partial charge in [0.1, 0.15) is 0 Å². The van der Waals surface area contributed by atoms with Crippen LogP contribution < -0.4 is 0 Å². The largest absolute Gasteiger partial charge is 0.462 e. The van der Waals surface area contributed by atoms with E-state index in [0.717, 1.165) is 16.9 Å². The van der Waals surface area contributed by atoms with E-state index >= 15 is 0 Å². The highest BCUT2D eigenvalue weighted by atomic mass is 32.2. The van der Waals surface area contributed by atoms with E-state index in [2.05, 4.69) is 43.9 Å². The van der Waals surface area contributed by atoms with Crippen LogP contribution in [0.5, 0.6) is 0 Å². The molecule has 0 bridgehead atoms. The Hall–Kier alpha value is -2.18. The van der Waals surface area contributed by atoms with E-state index in [9.17, 15) is 4.79 Å². The monoisotopic (exact) mass is 350 g/mol. The lowest BCUT2D eigenvalue weighted by atomic mass is 9.81. The van der Waals surface area contributed by atoms with Crippen LogP contribution in [0.3, 0.4) is 0 Å². The molecule has 1 aliphatic heterocycles. The number of hydrogen-bond donors (Lipinski definition) is 0. The molecule has 3 rings (SSSR count). The van der Waals surface area contributed by atoms with Gasteiger partial charge in [-0.05, 0) is 66.5 Å². The molecule has 0 aromatic heterocycles. The number of esters is 1. The molecular weight excluding hydrogens is 328 g/mol. The van der Waals surface area contributed by atoms with Gasteiger partial charge in [-0.3, -0.25) is 0 Å². The normalized spacial score (nSPS) is 14.8. The highest BCUT2D eigenvalue weighted by molar-refractivity contribution is 7.99. The molecule has 0 saturated heterocycles. The molecule has 0 N–H and O–H groups in total. The third kappa shape index (κ3) is 4.08. The molecule has 1 aliphatic rings. The molecule has 2 aromatic carbocycles. The van der Waals surface area contributed by atoms with Crippen molar-refractivity contribution in [3.63, 3.8) is 0 Å². The molecule has 2 nitrogen and oxygen atoms in total. The first-order valence-corrected chi connectivity index (χ1v) is 9.55. The minimum Gasteiger partial charge on any atom is -0.462 e. The minimum absolute atomic E-state index is 0.246. The maximum Gasteiger partial charge on any atom is 0.338 e. The van der Waals surface area contributed by atoms with Crippen LogP contribution in [0.1, 0.15) is 54.2 Å². The molecule has 0 unspecified atom stereocenters. The minimum atomic E-state index is -0.295. The predicted molar refractivity (Wildman–Crippen MR) is 103 cm³/mol. The molecule has 0 radical (unpaired) electrons. The molecule has 1 heterocycles. The topological polar surface area (TPSA) is 26.3 Å². The van der Waals surface area contributed by atoms with Gasteiger partial charge in [-0.15, -0.1) is 11.8 Å². The van der Waals surface area contributed by atoms with Gasteiger partial charge in [0, 0.05) is 16.0 Å². The van der Waals surface area contributed by atoms with Crippen LogP contribution in [0.2, 0.25) is 0 Å². The van der Waals surface area contributed by atoms with Gasteiger partial charge in [-0.1, -0.05) is 31.8 Å². The Kier molecular flexibility index (Phi) is 5.20. The molecule has 0 atom stereocenters. The first-order chi connectivity index (χ1) is 12.0. The van der Waals surface area contributed by atoms with E-state index in [1.807, 2.05) is 23.9 Å². The van der Waals surface area contributed by atoms with Crippen LogP contribution in [-0.2, 0) is 10.2 Å². The van der Waals surface area contributed by atoms with Gasteiger partial charge in [0.15, 0.2) is 0 Å². The molecule has 0 spiro atoms. The number of ether oxygens (including phenoxy) is 1. The quantitative estimate of drug-likeness (QED) is 0.561. The third-order valence-electron chi connectivity index (χ3n) is 4.44. The Balaban J connectivity index is 1.79. The van der Waals surface area contributed by atoms with Crippen LogP contribution in [-0.4, -0.2) is 18.3 Å². The number of benzene rings is 2. The summed E-state index contributed by atoms with van der Waals surface area (Å²) in [6.07, 6.45) is 1.21. The van der Waals surface area contributed by atoms with Crippen molar-refractivity contribution in [2.45, 2.75) is 37.5 Å². The molecule has 0 saturated carbocycles. The van der Waals surface area contributed by atoms with Crippen LogP contribution in [0, 0.1) is 11.8 Å². The number of rotatable bonds is 2. The smallest absolute Gasteiger partial charge is 0.338 e. The zero-order valence-electron chi connectivity index (χ0n) is 14.9. The van der Waals surface area contributed by atoms with Crippen molar-refractivity contribution >= 4 is 17.7 Å². The predicted octanol–water partition coefficient (Wildman–Crippen LogP) is 5.04. The molecule has 0 amide bonds. The zero-order chi connectivity index (χ0) is 17.9. The van der Waals surface area contributed by atoms with E-state index in [1.54, 1.807) is 19.1 Å². The van der Waals surface area contributed by atoms with Crippen molar-refractivity contribution in [2.24, 2.45) is 0 Å².